The monoisotopic (exact) mass is 573 g/mol. The molecule has 0 fully saturated rings. The maximum atomic E-state index is 13.1. The first-order valence-electron chi connectivity index (χ1n) is 12.7. The van der Waals surface area contributed by atoms with Crippen molar-refractivity contribution in [1.82, 2.24) is 16.0 Å². The molecule has 4 unspecified atom stereocenters. The third kappa shape index (κ3) is 16.6. The molecule has 3 amide bonds. The highest BCUT2D eigenvalue weighted by atomic mass is 16.4. The number of carboxylic acids is 2. The highest BCUT2D eigenvalue weighted by molar-refractivity contribution is 5.95. The van der Waals surface area contributed by atoms with E-state index in [9.17, 15) is 34.2 Å². The van der Waals surface area contributed by atoms with Crippen LogP contribution in [0, 0.1) is 0 Å². The minimum absolute atomic E-state index is 0.0650. The highest BCUT2D eigenvalue weighted by Crippen LogP contribution is 2.06. The summed E-state index contributed by atoms with van der Waals surface area (Å²) in [5.41, 5.74) is 32.4. The number of nitrogens with two attached hydrogens (primary N) is 6. The van der Waals surface area contributed by atoms with Crippen molar-refractivity contribution < 1.29 is 34.2 Å². The Morgan fingerprint density at radius 3 is 1.62 bits per heavy atom. The number of hydrogen-bond donors (Lipinski definition) is 11. The summed E-state index contributed by atoms with van der Waals surface area (Å²) in [5, 5.41) is 25.8. The molecule has 0 aromatic rings. The standard InChI is InChI=1S/C22H43N11O7/c23-8-2-1-6-13(31-17(36)12(24)5-3-9-29-21(25)26)18(37)33-15(11-16(34)35)19(38)32-14(20(39)40)7-4-10-30-22(27)28/h12-15H,1-11,23-24H2,(H,31,36)(H,32,38)(H,33,37)(H,34,35)(H,39,40)(H4,25,26,29)(H4,27,28,30). The van der Waals surface area contributed by atoms with Crippen molar-refractivity contribution in [3.05, 3.63) is 0 Å². The number of carbonyl (C=O) groups excluding carboxylic acids is 3. The van der Waals surface area contributed by atoms with E-state index in [1.807, 2.05) is 0 Å². The van der Waals surface area contributed by atoms with E-state index >= 15 is 0 Å². The molecule has 0 saturated heterocycles. The van der Waals surface area contributed by atoms with Crippen molar-refractivity contribution in [2.45, 2.75) is 75.5 Å². The Morgan fingerprint density at radius 2 is 1.12 bits per heavy atom. The Labute approximate surface area is 231 Å². The van der Waals surface area contributed by atoms with Gasteiger partial charge in [-0.3, -0.25) is 29.2 Å². The van der Waals surface area contributed by atoms with Gasteiger partial charge in [0.05, 0.1) is 12.5 Å². The van der Waals surface area contributed by atoms with E-state index in [-0.39, 0.29) is 50.7 Å². The average molecular weight is 574 g/mol. The molecule has 0 spiro atoms. The van der Waals surface area contributed by atoms with Crippen LogP contribution in [-0.2, 0) is 24.0 Å². The summed E-state index contributed by atoms with van der Waals surface area (Å²) in [4.78, 5) is 69.0. The topological polar surface area (TPSA) is 343 Å². The summed E-state index contributed by atoms with van der Waals surface area (Å²) in [6.45, 7) is 0.690. The fourth-order valence-electron chi connectivity index (χ4n) is 3.38. The van der Waals surface area contributed by atoms with Gasteiger partial charge in [-0.25, -0.2) is 4.79 Å². The van der Waals surface area contributed by atoms with Gasteiger partial charge in [-0.2, -0.15) is 0 Å². The van der Waals surface area contributed by atoms with E-state index in [2.05, 4.69) is 25.9 Å². The van der Waals surface area contributed by atoms with Crippen LogP contribution in [0.1, 0.15) is 51.4 Å². The number of nitrogens with zero attached hydrogens (tertiary/aromatic N) is 2. The van der Waals surface area contributed by atoms with Gasteiger partial charge in [0.25, 0.3) is 0 Å². The van der Waals surface area contributed by atoms with Gasteiger partial charge in [-0.05, 0) is 51.5 Å². The van der Waals surface area contributed by atoms with Gasteiger partial charge in [0.15, 0.2) is 11.9 Å². The van der Waals surface area contributed by atoms with Crippen molar-refractivity contribution in [2.75, 3.05) is 19.6 Å². The number of nitrogens with one attached hydrogen (secondary N) is 3. The summed E-state index contributed by atoms with van der Waals surface area (Å²) >= 11 is 0. The number of unbranched alkanes of at least 4 members (excludes halogenated alkanes) is 1. The minimum Gasteiger partial charge on any atom is -0.481 e. The predicted molar refractivity (Wildman–Crippen MR) is 146 cm³/mol. The number of hydrogen-bond acceptors (Lipinski definition) is 9. The minimum atomic E-state index is -1.63. The molecule has 40 heavy (non-hydrogen) atoms. The van der Waals surface area contributed by atoms with Crippen LogP contribution in [0.15, 0.2) is 9.98 Å². The maximum absolute atomic E-state index is 13.1. The molecule has 0 aromatic heterocycles. The van der Waals surface area contributed by atoms with E-state index in [1.165, 1.54) is 0 Å². The molecule has 0 aliphatic carbocycles. The molecule has 0 saturated carbocycles. The van der Waals surface area contributed by atoms with E-state index in [0.29, 0.717) is 25.8 Å². The Bertz CT molecular complexity index is 906. The molecule has 0 rings (SSSR count). The Kier molecular flexibility index (Phi) is 17.7. The van der Waals surface area contributed by atoms with E-state index in [0.717, 1.165) is 0 Å². The lowest BCUT2D eigenvalue weighted by Gasteiger charge is -2.24. The van der Waals surface area contributed by atoms with Crippen LogP contribution in [0.2, 0.25) is 0 Å². The quantitative estimate of drug-likeness (QED) is 0.0351. The molecule has 0 heterocycles. The van der Waals surface area contributed by atoms with Crippen LogP contribution in [0.4, 0.5) is 0 Å². The molecule has 0 aliphatic rings. The van der Waals surface area contributed by atoms with E-state index in [4.69, 9.17) is 34.4 Å². The number of amides is 3. The SMILES string of the molecule is NCCCCC(NC(=O)C(N)CCCN=C(N)N)C(=O)NC(CC(=O)O)C(=O)NC(CCCN=C(N)N)C(=O)O. The fraction of sp³-hybridized carbons (Fsp3) is 0.682. The summed E-state index contributed by atoms with van der Waals surface area (Å²) in [6, 6.07) is -5.19. The lowest BCUT2D eigenvalue weighted by molar-refractivity contribution is -0.143. The van der Waals surface area contributed by atoms with Crippen LogP contribution in [0.5, 0.6) is 0 Å². The summed E-state index contributed by atoms with van der Waals surface area (Å²) in [5.74, 6) is -5.61. The van der Waals surface area contributed by atoms with Gasteiger partial charge in [0.2, 0.25) is 17.7 Å². The van der Waals surface area contributed by atoms with Crippen LogP contribution in [-0.4, -0.2) is 95.6 Å². The van der Waals surface area contributed by atoms with Gasteiger partial charge in [0.1, 0.15) is 18.1 Å². The second-order valence-electron chi connectivity index (χ2n) is 8.91. The van der Waals surface area contributed by atoms with Gasteiger partial charge in [-0.1, -0.05) is 0 Å². The molecule has 0 bridgehead atoms. The number of carboxylic acid groups (broad SMARTS) is 2. The number of guanidine groups is 2. The zero-order valence-corrected chi connectivity index (χ0v) is 22.4. The third-order valence-electron chi connectivity index (χ3n) is 5.46. The lowest BCUT2D eigenvalue weighted by atomic mass is 10.1. The van der Waals surface area contributed by atoms with Gasteiger partial charge in [0, 0.05) is 13.1 Å². The first-order valence-corrected chi connectivity index (χ1v) is 12.7. The Hall–Kier alpha value is -4.19. The Morgan fingerprint density at radius 1 is 0.650 bits per heavy atom. The highest BCUT2D eigenvalue weighted by Gasteiger charge is 2.31. The zero-order chi connectivity index (χ0) is 30.7. The summed E-state index contributed by atoms with van der Waals surface area (Å²) in [7, 11) is 0. The van der Waals surface area contributed by atoms with Crippen molar-refractivity contribution in [3.8, 4) is 0 Å². The molecule has 17 N–H and O–H groups in total. The maximum Gasteiger partial charge on any atom is 0.326 e. The van der Waals surface area contributed by atoms with Crippen molar-refractivity contribution in [2.24, 2.45) is 44.4 Å². The molecule has 0 radical (unpaired) electrons. The molecular formula is C22H43N11O7. The third-order valence-corrected chi connectivity index (χ3v) is 5.46. The van der Waals surface area contributed by atoms with Crippen LogP contribution >= 0.6 is 0 Å². The average Bonchev–Trinajstić information content (AvgIpc) is 2.86. The molecule has 4 atom stereocenters. The smallest absolute Gasteiger partial charge is 0.326 e. The lowest BCUT2D eigenvalue weighted by Crippen LogP contribution is -2.57. The van der Waals surface area contributed by atoms with Gasteiger partial charge >= 0.3 is 11.9 Å². The molecule has 0 aliphatic heterocycles. The van der Waals surface area contributed by atoms with Crippen LogP contribution in [0.25, 0.3) is 0 Å². The van der Waals surface area contributed by atoms with Gasteiger partial charge < -0.3 is 60.6 Å². The molecule has 18 heteroatoms. The van der Waals surface area contributed by atoms with E-state index < -0.39 is 60.2 Å². The predicted octanol–water partition coefficient (Wildman–Crippen LogP) is -4.44. The number of rotatable bonds is 21. The normalized spacial score (nSPS) is 13.6. The molecular weight excluding hydrogens is 530 g/mol. The molecule has 0 aromatic carbocycles. The van der Waals surface area contributed by atoms with Crippen LogP contribution in [0.3, 0.4) is 0 Å². The zero-order valence-electron chi connectivity index (χ0n) is 22.4. The second kappa shape index (κ2) is 19.8. The van der Waals surface area contributed by atoms with Crippen molar-refractivity contribution in [3.63, 3.8) is 0 Å². The summed E-state index contributed by atoms with van der Waals surface area (Å²) < 4.78 is 0. The first kappa shape index (κ1) is 35.8. The largest absolute Gasteiger partial charge is 0.481 e. The number of carbonyl (C=O) groups is 5. The Balaban J connectivity index is 5.46. The first-order chi connectivity index (χ1) is 18.8. The fourth-order valence-corrected chi connectivity index (χ4v) is 3.38. The van der Waals surface area contributed by atoms with Crippen molar-refractivity contribution >= 4 is 41.6 Å². The molecule has 228 valence electrons. The van der Waals surface area contributed by atoms with Crippen molar-refractivity contribution in [1.29, 1.82) is 0 Å². The number of aliphatic carboxylic acids is 2. The van der Waals surface area contributed by atoms with Gasteiger partial charge in [-0.15, -0.1) is 0 Å². The summed E-state index contributed by atoms with van der Waals surface area (Å²) in [6.07, 6.45) is 0.991. The number of aliphatic imine (C=N–C) groups is 2. The second-order valence-corrected chi connectivity index (χ2v) is 8.91. The van der Waals surface area contributed by atoms with E-state index in [1.54, 1.807) is 0 Å². The van der Waals surface area contributed by atoms with Crippen LogP contribution < -0.4 is 50.4 Å². The molecule has 18 nitrogen and oxygen atoms in total.